The summed E-state index contributed by atoms with van der Waals surface area (Å²) < 4.78 is 32.8. The minimum Gasteiger partial charge on any atom is -0.383 e. The average molecular weight is 403 g/mol. The minimum atomic E-state index is -3.66. The zero-order chi connectivity index (χ0) is 20.4. The fourth-order valence-electron chi connectivity index (χ4n) is 3.16. The van der Waals surface area contributed by atoms with Crippen molar-refractivity contribution in [1.82, 2.24) is 5.32 Å². The molecule has 7 heteroatoms. The van der Waals surface area contributed by atoms with Crippen LogP contribution in [0.4, 0.5) is 5.69 Å². The third-order valence-corrected chi connectivity index (χ3v) is 6.63. The zero-order valence-electron chi connectivity index (χ0n) is 16.4. The molecule has 1 fully saturated rings. The van der Waals surface area contributed by atoms with Crippen LogP contribution in [0.1, 0.15) is 29.5 Å². The maximum absolute atomic E-state index is 12.6. The summed E-state index contributed by atoms with van der Waals surface area (Å²) >= 11 is 0. The number of anilines is 1. The third kappa shape index (κ3) is 4.20. The Kier molecular flexibility index (Phi) is 5.76. The van der Waals surface area contributed by atoms with Gasteiger partial charge in [-0.1, -0.05) is 18.2 Å². The molecule has 0 spiro atoms. The number of aryl methyl sites for hydroxylation is 2. The molecule has 0 unspecified atom stereocenters. The fourth-order valence-corrected chi connectivity index (χ4v) is 4.30. The van der Waals surface area contributed by atoms with Crippen LogP contribution in [0.2, 0.25) is 0 Å². The van der Waals surface area contributed by atoms with Crippen LogP contribution in [0.3, 0.4) is 0 Å². The molecule has 2 aromatic carbocycles. The first-order valence-electron chi connectivity index (χ1n) is 9.26. The number of hydrogen-bond donors (Lipinski definition) is 2. The van der Waals surface area contributed by atoms with Gasteiger partial charge in [0, 0.05) is 19.3 Å². The number of carbonyl (C=O) groups is 1. The third-order valence-electron chi connectivity index (χ3n) is 5.25. The maximum atomic E-state index is 12.6. The van der Waals surface area contributed by atoms with E-state index in [0.717, 1.165) is 29.5 Å². The van der Waals surface area contributed by atoms with Crippen LogP contribution in [-0.2, 0) is 25.0 Å². The molecule has 1 saturated carbocycles. The largest absolute Gasteiger partial charge is 0.383 e. The van der Waals surface area contributed by atoms with E-state index in [4.69, 9.17) is 4.74 Å². The van der Waals surface area contributed by atoms with Crippen molar-refractivity contribution < 1.29 is 17.9 Å². The summed E-state index contributed by atoms with van der Waals surface area (Å²) in [6, 6.07) is 12.1. The van der Waals surface area contributed by atoms with E-state index >= 15 is 0 Å². The number of ether oxygens (including phenoxy) is 1. The van der Waals surface area contributed by atoms with Crippen molar-refractivity contribution >= 4 is 21.6 Å². The van der Waals surface area contributed by atoms with Gasteiger partial charge >= 0.3 is 0 Å². The number of nitrogens with one attached hydrogen (secondary N) is 2. The average Bonchev–Trinajstić information content (AvgIpc) is 3.46. The summed E-state index contributed by atoms with van der Waals surface area (Å²) in [5.74, 6) is -0.00647. The van der Waals surface area contributed by atoms with Gasteiger partial charge in [0.05, 0.1) is 16.9 Å². The van der Waals surface area contributed by atoms with Crippen LogP contribution >= 0.6 is 0 Å². The molecule has 1 amide bonds. The molecule has 0 aliphatic heterocycles. The standard InChI is InChI=1S/C21H26N2O4S/c1-15-4-9-19(14-16(15)2)28(25,26)23-18-7-5-17(6-8-18)21(10-11-21)20(24)22-12-13-27-3/h4-9,14,23H,10-13H2,1-3H3,(H,22,24). The molecule has 3 rings (SSSR count). The highest BCUT2D eigenvalue weighted by atomic mass is 32.2. The second kappa shape index (κ2) is 7.93. The molecule has 0 aromatic heterocycles. The van der Waals surface area contributed by atoms with Crippen molar-refractivity contribution in [2.24, 2.45) is 0 Å². The first-order chi connectivity index (χ1) is 13.3. The van der Waals surface area contributed by atoms with E-state index in [1.807, 2.05) is 26.0 Å². The topological polar surface area (TPSA) is 84.5 Å². The van der Waals surface area contributed by atoms with Gasteiger partial charge in [0.2, 0.25) is 5.91 Å². The smallest absolute Gasteiger partial charge is 0.261 e. The lowest BCUT2D eigenvalue weighted by Crippen LogP contribution is -2.36. The van der Waals surface area contributed by atoms with Crippen molar-refractivity contribution in [1.29, 1.82) is 0 Å². The second-order valence-corrected chi connectivity index (χ2v) is 8.94. The molecule has 1 aliphatic carbocycles. The van der Waals surface area contributed by atoms with E-state index < -0.39 is 15.4 Å². The summed E-state index contributed by atoms with van der Waals surface area (Å²) in [4.78, 5) is 12.7. The number of methoxy groups -OCH3 is 1. The van der Waals surface area contributed by atoms with Crippen LogP contribution in [0, 0.1) is 13.8 Å². The first-order valence-corrected chi connectivity index (χ1v) is 10.7. The number of carbonyl (C=O) groups excluding carboxylic acids is 1. The summed E-state index contributed by atoms with van der Waals surface area (Å²) in [5.41, 5.74) is 2.84. The number of hydrogen-bond acceptors (Lipinski definition) is 4. The summed E-state index contributed by atoms with van der Waals surface area (Å²) in [6.45, 7) is 4.78. The van der Waals surface area contributed by atoms with Crippen molar-refractivity contribution in [2.45, 2.75) is 37.0 Å². The molecule has 6 nitrogen and oxygen atoms in total. The van der Waals surface area contributed by atoms with E-state index in [-0.39, 0.29) is 10.8 Å². The SMILES string of the molecule is COCCNC(=O)C1(c2ccc(NS(=O)(=O)c3ccc(C)c(C)c3)cc2)CC1. The Morgan fingerprint density at radius 2 is 1.75 bits per heavy atom. The molecule has 0 radical (unpaired) electrons. The highest BCUT2D eigenvalue weighted by Gasteiger charge is 2.51. The lowest BCUT2D eigenvalue weighted by atomic mass is 9.95. The van der Waals surface area contributed by atoms with Gasteiger partial charge in [-0.25, -0.2) is 8.42 Å². The lowest BCUT2D eigenvalue weighted by molar-refractivity contribution is -0.123. The monoisotopic (exact) mass is 402 g/mol. The van der Waals surface area contributed by atoms with Crippen LogP contribution in [0.15, 0.2) is 47.4 Å². The van der Waals surface area contributed by atoms with Crippen molar-refractivity contribution in [3.05, 3.63) is 59.2 Å². The maximum Gasteiger partial charge on any atom is 0.261 e. The summed E-state index contributed by atoms with van der Waals surface area (Å²) in [7, 11) is -2.07. The molecule has 1 aliphatic rings. The first kappa shape index (κ1) is 20.4. The number of benzene rings is 2. The molecule has 150 valence electrons. The van der Waals surface area contributed by atoms with Gasteiger partial charge in [-0.15, -0.1) is 0 Å². The zero-order valence-corrected chi connectivity index (χ0v) is 17.2. The fraction of sp³-hybridized carbons (Fsp3) is 0.381. The normalized spacial score (nSPS) is 15.1. The Morgan fingerprint density at radius 1 is 1.07 bits per heavy atom. The van der Waals surface area contributed by atoms with Crippen LogP contribution in [0.25, 0.3) is 0 Å². The van der Waals surface area contributed by atoms with Gasteiger partial charge in [-0.3, -0.25) is 9.52 Å². The number of amides is 1. The van der Waals surface area contributed by atoms with Gasteiger partial charge < -0.3 is 10.1 Å². The Bertz CT molecular complexity index is 964. The van der Waals surface area contributed by atoms with E-state index in [0.29, 0.717) is 18.8 Å². The highest BCUT2D eigenvalue weighted by molar-refractivity contribution is 7.92. The van der Waals surface area contributed by atoms with Crippen molar-refractivity contribution in [3.63, 3.8) is 0 Å². The Balaban J connectivity index is 1.72. The van der Waals surface area contributed by atoms with Gasteiger partial charge in [-0.2, -0.15) is 0 Å². The quantitative estimate of drug-likeness (QED) is 0.665. The molecule has 2 N–H and O–H groups in total. The summed E-state index contributed by atoms with van der Waals surface area (Å²) in [5, 5.41) is 2.89. The van der Waals surface area contributed by atoms with E-state index in [1.54, 1.807) is 37.4 Å². The van der Waals surface area contributed by atoms with Crippen LogP contribution in [0.5, 0.6) is 0 Å². The van der Waals surface area contributed by atoms with Crippen molar-refractivity contribution in [3.8, 4) is 0 Å². The molecule has 0 saturated heterocycles. The summed E-state index contributed by atoms with van der Waals surface area (Å²) in [6.07, 6.45) is 1.58. The Morgan fingerprint density at radius 3 is 2.32 bits per heavy atom. The molecule has 0 atom stereocenters. The van der Waals surface area contributed by atoms with Crippen molar-refractivity contribution in [2.75, 3.05) is 25.0 Å². The van der Waals surface area contributed by atoms with E-state index in [9.17, 15) is 13.2 Å². The molecular weight excluding hydrogens is 376 g/mol. The molecule has 0 heterocycles. The second-order valence-electron chi connectivity index (χ2n) is 7.26. The number of rotatable bonds is 8. The van der Waals surface area contributed by atoms with E-state index in [2.05, 4.69) is 10.0 Å². The highest BCUT2D eigenvalue weighted by Crippen LogP contribution is 2.48. The molecule has 0 bridgehead atoms. The molecule has 2 aromatic rings. The molecule has 28 heavy (non-hydrogen) atoms. The van der Waals surface area contributed by atoms with Crippen LogP contribution in [-0.4, -0.2) is 34.6 Å². The minimum absolute atomic E-state index is 0.00647. The predicted molar refractivity (Wildman–Crippen MR) is 109 cm³/mol. The Labute approximate surface area is 166 Å². The van der Waals surface area contributed by atoms with Gasteiger partial charge in [0.25, 0.3) is 10.0 Å². The number of sulfonamides is 1. The molecular formula is C21H26N2O4S. The van der Waals surface area contributed by atoms with Gasteiger partial charge in [0.1, 0.15) is 0 Å². The Hall–Kier alpha value is -2.38. The lowest BCUT2D eigenvalue weighted by Gasteiger charge is -2.16. The predicted octanol–water partition coefficient (Wildman–Crippen LogP) is 2.90. The van der Waals surface area contributed by atoms with E-state index in [1.165, 1.54) is 0 Å². The van der Waals surface area contributed by atoms with Crippen LogP contribution < -0.4 is 10.0 Å². The van der Waals surface area contributed by atoms with Gasteiger partial charge in [0.15, 0.2) is 0 Å². The van der Waals surface area contributed by atoms with Gasteiger partial charge in [-0.05, 0) is 67.6 Å².